The van der Waals surface area contributed by atoms with E-state index < -0.39 is 0 Å². The van der Waals surface area contributed by atoms with Gasteiger partial charge in [-0.25, -0.2) is 0 Å². The van der Waals surface area contributed by atoms with E-state index in [4.69, 9.17) is 4.74 Å². The molecule has 3 N–H and O–H groups in total. The van der Waals surface area contributed by atoms with Crippen molar-refractivity contribution in [1.82, 2.24) is 16.0 Å². The third-order valence-electron chi connectivity index (χ3n) is 5.26. The van der Waals surface area contributed by atoms with E-state index in [-0.39, 0.29) is 29.5 Å². The molecule has 0 saturated carbocycles. The second kappa shape index (κ2) is 9.37. The van der Waals surface area contributed by atoms with E-state index in [1.54, 1.807) is 0 Å². The lowest BCUT2D eigenvalue weighted by Crippen LogP contribution is -2.54. The monoisotopic (exact) mass is 472 g/mol. The highest BCUT2D eigenvalue weighted by Gasteiger charge is 2.41. The lowest BCUT2D eigenvalue weighted by Gasteiger charge is -2.32. The van der Waals surface area contributed by atoms with Crippen molar-refractivity contribution < 1.29 is 4.74 Å². The molecular formula is C20H33IN4O. The zero-order valence-corrected chi connectivity index (χ0v) is 18.6. The molecule has 1 aromatic carbocycles. The van der Waals surface area contributed by atoms with Crippen molar-refractivity contribution in [2.45, 2.75) is 69.9 Å². The first kappa shape index (κ1) is 21.4. The van der Waals surface area contributed by atoms with Gasteiger partial charge in [-0.3, -0.25) is 4.99 Å². The van der Waals surface area contributed by atoms with Crippen LogP contribution in [0.2, 0.25) is 0 Å². The molecule has 5 nitrogen and oxygen atoms in total. The minimum Gasteiger partial charge on any atom is -0.373 e. The molecule has 2 saturated heterocycles. The maximum absolute atomic E-state index is 5.92. The Kier molecular flexibility index (Phi) is 7.73. The van der Waals surface area contributed by atoms with Gasteiger partial charge >= 0.3 is 0 Å². The standard InChI is InChI=1S/C20H32N4O.HI/c1-14(15-8-6-5-7-9-15)24-20(2,3)13-22-19(21-4)23-17-12-16-10-11-18(17)25-16;/h5-9,14,16-18,24H,10-13H2,1-4H3,(H2,21,22,23);1H. The predicted molar refractivity (Wildman–Crippen MR) is 118 cm³/mol. The lowest BCUT2D eigenvalue weighted by atomic mass is 9.96. The third-order valence-corrected chi connectivity index (χ3v) is 5.26. The number of guanidine groups is 1. The zero-order chi connectivity index (χ0) is 17.9. The van der Waals surface area contributed by atoms with Gasteiger partial charge in [-0.05, 0) is 45.6 Å². The number of halogens is 1. The highest BCUT2D eigenvalue weighted by molar-refractivity contribution is 14.0. The van der Waals surface area contributed by atoms with Crippen molar-refractivity contribution in [2.24, 2.45) is 4.99 Å². The quantitative estimate of drug-likeness (QED) is 0.338. The first-order valence-electron chi connectivity index (χ1n) is 9.42. The van der Waals surface area contributed by atoms with Crippen LogP contribution in [-0.2, 0) is 4.74 Å². The Hall–Kier alpha value is -0.860. The average molecular weight is 472 g/mol. The van der Waals surface area contributed by atoms with Gasteiger partial charge in [0.1, 0.15) is 0 Å². The first-order chi connectivity index (χ1) is 12.0. The van der Waals surface area contributed by atoms with Crippen LogP contribution in [0.5, 0.6) is 0 Å². The molecule has 2 bridgehead atoms. The van der Waals surface area contributed by atoms with Crippen LogP contribution >= 0.6 is 24.0 Å². The van der Waals surface area contributed by atoms with Crippen LogP contribution in [0.1, 0.15) is 51.6 Å². The molecule has 2 fully saturated rings. The van der Waals surface area contributed by atoms with Crippen molar-refractivity contribution in [3.8, 4) is 0 Å². The molecule has 0 amide bonds. The molecule has 0 aromatic heterocycles. The summed E-state index contributed by atoms with van der Waals surface area (Å²) in [5, 5.41) is 10.7. The number of aliphatic imine (C=N–C) groups is 1. The Balaban J connectivity index is 0.00000243. The fourth-order valence-corrected chi connectivity index (χ4v) is 3.93. The number of benzene rings is 1. The summed E-state index contributed by atoms with van der Waals surface area (Å²) in [6.07, 6.45) is 4.28. The maximum atomic E-state index is 5.92. The summed E-state index contributed by atoms with van der Waals surface area (Å²) in [7, 11) is 1.83. The van der Waals surface area contributed by atoms with Gasteiger partial charge in [-0.2, -0.15) is 0 Å². The van der Waals surface area contributed by atoms with Crippen molar-refractivity contribution in [3.63, 3.8) is 0 Å². The Labute approximate surface area is 174 Å². The van der Waals surface area contributed by atoms with Crippen LogP contribution in [0.15, 0.2) is 35.3 Å². The largest absolute Gasteiger partial charge is 0.373 e. The van der Waals surface area contributed by atoms with Crippen LogP contribution in [0.3, 0.4) is 0 Å². The van der Waals surface area contributed by atoms with E-state index in [1.165, 1.54) is 18.4 Å². The van der Waals surface area contributed by atoms with E-state index in [1.807, 2.05) is 7.05 Å². The van der Waals surface area contributed by atoms with Crippen molar-refractivity contribution in [1.29, 1.82) is 0 Å². The Morgan fingerprint density at radius 3 is 2.58 bits per heavy atom. The van der Waals surface area contributed by atoms with Gasteiger partial charge in [-0.15, -0.1) is 24.0 Å². The SMILES string of the molecule is CN=C(NCC(C)(C)NC(C)c1ccccc1)NC1CC2CCC1O2.I. The second-order valence-electron chi connectivity index (χ2n) is 7.95. The highest BCUT2D eigenvalue weighted by Crippen LogP contribution is 2.34. The molecule has 2 aliphatic heterocycles. The molecule has 26 heavy (non-hydrogen) atoms. The molecule has 4 atom stereocenters. The minimum absolute atomic E-state index is 0. The number of hydrogen-bond acceptors (Lipinski definition) is 3. The summed E-state index contributed by atoms with van der Waals surface area (Å²) < 4.78 is 5.92. The van der Waals surface area contributed by atoms with E-state index in [0.29, 0.717) is 24.3 Å². The summed E-state index contributed by atoms with van der Waals surface area (Å²) in [4.78, 5) is 4.39. The molecule has 0 aliphatic carbocycles. The van der Waals surface area contributed by atoms with Gasteiger partial charge < -0.3 is 20.7 Å². The van der Waals surface area contributed by atoms with Gasteiger partial charge in [0.15, 0.2) is 5.96 Å². The Morgan fingerprint density at radius 2 is 2.00 bits per heavy atom. The molecule has 2 aliphatic rings. The van der Waals surface area contributed by atoms with Crippen LogP contribution in [-0.4, -0.2) is 43.3 Å². The van der Waals surface area contributed by atoms with Crippen LogP contribution in [0.25, 0.3) is 0 Å². The minimum atomic E-state index is -0.0575. The summed E-state index contributed by atoms with van der Waals surface area (Å²) in [6, 6.07) is 11.2. The Morgan fingerprint density at radius 1 is 1.27 bits per heavy atom. The van der Waals surface area contributed by atoms with Gasteiger partial charge in [0, 0.05) is 25.2 Å². The van der Waals surface area contributed by atoms with Crippen LogP contribution < -0.4 is 16.0 Å². The number of nitrogens with one attached hydrogen (secondary N) is 3. The van der Waals surface area contributed by atoms with Gasteiger partial charge in [0.25, 0.3) is 0 Å². The number of hydrogen-bond donors (Lipinski definition) is 3. The summed E-state index contributed by atoms with van der Waals surface area (Å²) in [5.74, 6) is 0.864. The summed E-state index contributed by atoms with van der Waals surface area (Å²) in [5.41, 5.74) is 1.25. The van der Waals surface area contributed by atoms with Crippen LogP contribution in [0.4, 0.5) is 0 Å². The van der Waals surface area contributed by atoms with Crippen molar-refractivity contribution in [2.75, 3.05) is 13.6 Å². The fourth-order valence-electron chi connectivity index (χ4n) is 3.93. The van der Waals surface area contributed by atoms with Gasteiger partial charge in [-0.1, -0.05) is 30.3 Å². The molecular weight excluding hydrogens is 439 g/mol. The van der Waals surface area contributed by atoms with E-state index >= 15 is 0 Å². The number of ether oxygens (including phenoxy) is 1. The molecule has 4 unspecified atom stereocenters. The van der Waals surface area contributed by atoms with Crippen molar-refractivity contribution in [3.05, 3.63) is 35.9 Å². The van der Waals surface area contributed by atoms with Gasteiger partial charge in [0.05, 0.1) is 18.2 Å². The summed E-state index contributed by atoms with van der Waals surface area (Å²) in [6.45, 7) is 7.43. The fraction of sp³-hybridized carbons (Fsp3) is 0.650. The lowest BCUT2D eigenvalue weighted by molar-refractivity contribution is 0.0992. The molecule has 2 heterocycles. The normalized spacial score (nSPS) is 26.3. The van der Waals surface area contributed by atoms with E-state index in [9.17, 15) is 0 Å². The van der Waals surface area contributed by atoms with Gasteiger partial charge in [0.2, 0.25) is 0 Å². The topological polar surface area (TPSA) is 57.7 Å². The maximum Gasteiger partial charge on any atom is 0.191 e. The van der Waals surface area contributed by atoms with E-state index in [0.717, 1.165) is 18.9 Å². The zero-order valence-electron chi connectivity index (χ0n) is 16.3. The molecule has 6 heteroatoms. The number of fused-ring (bicyclic) bond motifs is 2. The predicted octanol–water partition coefficient (Wildman–Crippen LogP) is 3.22. The Bertz CT molecular complexity index is 593. The molecule has 0 spiro atoms. The molecule has 1 aromatic rings. The molecule has 0 radical (unpaired) electrons. The van der Waals surface area contributed by atoms with Crippen LogP contribution in [0, 0.1) is 0 Å². The smallest absolute Gasteiger partial charge is 0.191 e. The second-order valence-corrected chi connectivity index (χ2v) is 7.95. The third kappa shape index (κ3) is 5.57. The summed E-state index contributed by atoms with van der Waals surface area (Å²) >= 11 is 0. The first-order valence-corrected chi connectivity index (χ1v) is 9.42. The molecule has 3 rings (SSSR count). The van der Waals surface area contributed by atoms with Crippen molar-refractivity contribution >= 4 is 29.9 Å². The number of rotatable bonds is 6. The van der Waals surface area contributed by atoms with E-state index in [2.05, 4.69) is 72.0 Å². The highest BCUT2D eigenvalue weighted by atomic mass is 127. The number of nitrogens with zero attached hydrogens (tertiary/aromatic N) is 1. The molecule has 146 valence electrons. The average Bonchev–Trinajstić information content (AvgIpc) is 3.22.